The van der Waals surface area contributed by atoms with Gasteiger partial charge in [-0.05, 0) is 12.0 Å². The number of rotatable bonds is 6. The van der Waals surface area contributed by atoms with Crippen molar-refractivity contribution in [1.82, 2.24) is 0 Å². The topological polar surface area (TPSA) is 105 Å². The fraction of sp³-hybridized carbons (Fsp3) is 0.455. The Morgan fingerprint density at radius 2 is 1.81 bits per heavy atom. The molecule has 120 valence electrons. The number of nitrogens with two attached hydrogens (primary N) is 1. The lowest BCUT2D eigenvalue weighted by atomic mass is 10.1. The molecule has 0 aliphatic heterocycles. The predicted molar refractivity (Wildman–Crippen MR) is 82.8 cm³/mol. The first-order valence-corrected chi connectivity index (χ1v) is 8.30. The molecule has 0 saturated carbocycles. The Bertz CT molecular complexity index is 478. The Kier molecular flexibility index (Phi) is 9.77. The fourth-order valence-electron chi connectivity index (χ4n) is 1.14. The molecule has 0 bridgehead atoms. The first-order chi connectivity index (χ1) is 9.77. The van der Waals surface area contributed by atoms with Crippen molar-refractivity contribution in [3.8, 4) is 0 Å². The van der Waals surface area contributed by atoms with E-state index in [9.17, 15) is 14.7 Å². The highest BCUT2D eigenvalue weighted by Crippen LogP contribution is 2.35. The molecule has 0 aromatic heterocycles. The molecule has 0 aliphatic rings. The molecular formula is C11H17Cl2N2O5P. The number of halogens is 2. The van der Waals surface area contributed by atoms with E-state index < -0.39 is 12.7 Å². The van der Waals surface area contributed by atoms with Crippen LogP contribution in [0.2, 0.25) is 0 Å². The maximum absolute atomic E-state index is 10.4. The van der Waals surface area contributed by atoms with Gasteiger partial charge in [-0.1, -0.05) is 12.1 Å². The molecule has 1 rings (SSSR count). The van der Waals surface area contributed by atoms with Crippen molar-refractivity contribution in [2.24, 2.45) is 5.50 Å². The van der Waals surface area contributed by atoms with Gasteiger partial charge in [0, 0.05) is 32.2 Å². The summed E-state index contributed by atoms with van der Waals surface area (Å²) in [5.74, 6) is 0.477. The summed E-state index contributed by atoms with van der Waals surface area (Å²) in [6, 6.07) is 6.20. The van der Waals surface area contributed by atoms with Crippen molar-refractivity contribution in [2.75, 3.05) is 20.1 Å². The molecule has 0 radical (unpaired) electrons. The molecule has 0 heterocycles. The van der Waals surface area contributed by atoms with E-state index in [1.165, 1.54) is 26.4 Å². The average molecular weight is 359 g/mol. The molecule has 1 aromatic carbocycles. The van der Waals surface area contributed by atoms with Crippen molar-refractivity contribution < 1.29 is 18.5 Å². The van der Waals surface area contributed by atoms with Crippen LogP contribution in [-0.2, 0) is 13.6 Å². The highest BCUT2D eigenvalue weighted by molar-refractivity contribution is 7.51. The van der Waals surface area contributed by atoms with Gasteiger partial charge in [-0.2, -0.15) is 0 Å². The Morgan fingerprint density at radius 3 is 2.10 bits per heavy atom. The lowest BCUT2D eigenvalue weighted by Gasteiger charge is -2.06. The first-order valence-electron chi connectivity index (χ1n) is 5.71. The molecule has 0 fully saturated rings. The van der Waals surface area contributed by atoms with Crippen LogP contribution in [0.3, 0.4) is 0 Å². The van der Waals surface area contributed by atoms with Crippen molar-refractivity contribution in [1.29, 1.82) is 0 Å². The van der Waals surface area contributed by atoms with E-state index in [1.54, 1.807) is 12.1 Å². The van der Waals surface area contributed by atoms with Crippen LogP contribution in [0.25, 0.3) is 0 Å². The maximum atomic E-state index is 10.4. The Morgan fingerprint density at radius 1 is 1.33 bits per heavy atom. The van der Waals surface area contributed by atoms with Crippen LogP contribution < -0.4 is 5.50 Å². The van der Waals surface area contributed by atoms with Gasteiger partial charge in [0.05, 0.1) is 10.3 Å². The van der Waals surface area contributed by atoms with E-state index in [0.29, 0.717) is 12.3 Å². The normalized spacial score (nSPS) is 12.2. The Hall–Kier alpha value is -0.690. The van der Waals surface area contributed by atoms with Gasteiger partial charge in [0.1, 0.15) is 0 Å². The summed E-state index contributed by atoms with van der Waals surface area (Å²) in [6.45, 7) is 0. The molecule has 21 heavy (non-hydrogen) atoms. The maximum Gasteiger partial charge on any atom is 0.402 e. The summed E-state index contributed by atoms with van der Waals surface area (Å²) in [5, 5.41) is 10.2. The number of benzene rings is 1. The van der Waals surface area contributed by atoms with Crippen molar-refractivity contribution in [2.45, 2.75) is 11.8 Å². The van der Waals surface area contributed by atoms with E-state index in [2.05, 4.69) is 9.05 Å². The third-order valence-electron chi connectivity index (χ3n) is 2.34. The molecule has 0 amide bonds. The minimum absolute atomic E-state index is 0.0727. The number of hydrogen-bond acceptors (Lipinski definition) is 5. The van der Waals surface area contributed by atoms with Crippen LogP contribution in [0.5, 0.6) is 0 Å². The smallest absolute Gasteiger partial charge is 0.300 e. The van der Waals surface area contributed by atoms with Crippen LogP contribution in [-0.4, -0.2) is 25.0 Å². The number of nitro groups is 1. The van der Waals surface area contributed by atoms with Gasteiger partial charge in [0.25, 0.3) is 5.69 Å². The minimum atomic E-state index is -3.15. The summed E-state index contributed by atoms with van der Waals surface area (Å²) < 4.78 is 18.7. The summed E-state index contributed by atoms with van der Waals surface area (Å²) >= 11 is 11.5. The molecule has 0 aliphatic carbocycles. The summed E-state index contributed by atoms with van der Waals surface area (Å²) in [7, 11) is -0.701. The fourth-order valence-corrected chi connectivity index (χ4v) is 1.88. The van der Waals surface area contributed by atoms with Crippen LogP contribution >= 0.6 is 30.9 Å². The number of nitro benzene ring substituents is 1. The lowest BCUT2D eigenvalue weighted by Crippen LogP contribution is -1.97. The van der Waals surface area contributed by atoms with Gasteiger partial charge in [-0.15, -0.1) is 23.2 Å². The van der Waals surface area contributed by atoms with E-state index in [4.69, 9.17) is 28.7 Å². The highest BCUT2D eigenvalue weighted by Gasteiger charge is 2.10. The quantitative estimate of drug-likeness (QED) is 0.358. The minimum Gasteiger partial charge on any atom is -0.300 e. The molecule has 1 unspecified atom stereocenters. The molecule has 1 aromatic rings. The van der Waals surface area contributed by atoms with Gasteiger partial charge in [-0.3, -0.25) is 10.1 Å². The predicted octanol–water partition coefficient (Wildman–Crippen LogP) is 3.85. The van der Waals surface area contributed by atoms with E-state index in [1.807, 2.05) is 0 Å². The Labute approximate surface area is 133 Å². The number of nitrogens with zero attached hydrogens (tertiary/aromatic N) is 1. The van der Waals surface area contributed by atoms with E-state index in [0.717, 1.165) is 5.56 Å². The zero-order valence-corrected chi connectivity index (χ0v) is 14.0. The summed E-state index contributed by atoms with van der Waals surface area (Å²) in [5.41, 5.74) is 5.76. The highest BCUT2D eigenvalue weighted by atomic mass is 35.5. The zero-order chi connectivity index (χ0) is 16.5. The van der Waals surface area contributed by atoms with Crippen LogP contribution in [0.4, 0.5) is 5.69 Å². The second-order valence-electron chi connectivity index (χ2n) is 3.70. The van der Waals surface area contributed by atoms with Gasteiger partial charge in [-0.25, -0.2) is 10.1 Å². The van der Waals surface area contributed by atoms with E-state index >= 15 is 0 Å². The van der Waals surface area contributed by atoms with Gasteiger partial charge in [0.2, 0.25) is 0 Å². The standard InChI is InChI=1S/C9H9Cl2NO2.C2H8NO3P/c10-6-5-9(11)7-1-3-8(4-2-7)12(13)14;1-5-7(3,4)6-2/h1-4,9H,5-6H2;1-2H3,(H2,3,4). The molecular weight excluding hydrogens is 342 g/mol. The van der Waals surface area contributed by atoms with Gasteiger partial charge >= 0.3 is 7.75 Å². The van der Waals surface area contributed by atoms with Crippen molar-refractivity contribution in [3.05, 3.63) is 39.9 Å². The second kappa shape index (κ2) is 10.1. The SMILES string of the molecule is COP(N)(=O)OC.O=[N+]([O-])c1ccc(C(Cl)CCCl)cc1. The zero-order valence-electron chi connectivity index (χ0n) is 11.6. The largest absolute Gasteiger partial charge is 0.402 e. The van der Waals surface area contributed by atoms with Gasteiger partial charge in [0.15, 0.2) is 0 Å². The number of alkyl halides is 2. The van der Waals surface area contributed by atoms with Crippen LogP contribution in [0.15, 0.2) is 24.3 Å². The average Bonchev–Trinajstić information content (AvgIpc) is 2.48. The van der Waals surface area contributed by atoms with Crippen LogP contribution in [0.1, 0.15) is 17.4 Å². The third kappa shape index (κ3) is 8.36. The molecule has 1 atom stereocenters. The molecule has 0 spiro atoms. The second-order valence-corrected chi connectivity index (χ2v) is 6.41. The van der Waals surface area contributed by atoms with Crippen molar-refractivity contribution >= 4 is 36.6 Å². The summed E-state index contributed by atoms with van der Waals surface area (Å²) in [4.78, 5) is 9.92. The number of non-ortho nitro benzene ring substituents is 1. The lowest BCUT2D eigenvalue weighted by molar-refractivity contribution is -0.384. The molecule has 0 saturated heterocycles. The monoisotopic (exact) mass is 358 g/mol. The molecule has 7 nitrogen and oxygen atoms in total. The molecule has 2 N–H and O–H groups in total. The first kappa shape index (κ1) is 20.3. The molecule has 10 heteroatoms. The van der Waals surface area contributed by atoms with Gasteiger partial charge < -0.3 is 9.05 Å². The van der Waals surface area contributed by atoms with Crippen molar-refractivity contribution in [3.63, 3.8) is 0 Å². The Balaban J connectivity index is 0.000000486. The summed E-state index contributed by atoms with van der Waals surface area (Å²) in [6.07, 6.45) is 0.654. The van der Waals surface area contributed by atoms with Crippen LogP contribution in [0, 0.1) is 10.1 Å². The number of hydrogen-bond donors (Lipinski definition) is 1. The third-order valence-corrected chi connectivity index (χ3v) is 4.04. The van der Waals surface area contributed by atoms with E-state index in [-0.39, 0.29) is 11.1 Å².